The van der Waals surface area contributed by atoms with Crippen LogP contribution in [-0.2, 0) is 19.6 Å². The van der Waals surface area contributed by atoms with Crippen molar-refractivity contribution in [3.8, 4) is 0 Å². The van der Waals surface area contributed by atoms with Crippen LogP contribution in [0.3, 0.4) is 0 Å². The molecule has 0 N–H and O–H groups in total. The molecule has 0 aliphatic heterocycles. The first-order valence-corrected chi connectivity index (χ1v) is 11.8. The van der Waals surface area contributed by atoms with Crippen molar-refractivity contribution in [1.29, 1.82) is 0 Å². The summed E-state index contributed by atoms with van der Waals surface area (Å²) in [6.07, 6.45) is 1.60. The van der Waals surface area contributed by atoms with Crippen molar-refractivity contribution >= 4 is 28.0 Å². The highest BCUT2D eigenvalue weighted by atomic mass is 32.1. The molecule has 5 aromatic rings. The molecule has 3 heterocycles. The van der Waals surface area contributed by atoms with E-state index in [9.17, 15) is 9.59 Å². The Morgan fingerprint density at radius 3 is 2.41 bits per heavy atom. The van der Waals surface area contributed by atoms with Crippen molar-refractivity contribution in [2.24, 2.45) is 0 Å². The Kier molecular flexibility index (Phi) is 6.10. The lowest BCUT2D eigenvalue weighted by molar-refractivity contribution is 0.0713. The van der Waals surface area contributed by atoms with Crippen molar-refractivity contribution < 1.29 is 9.21 Å². The van der Waals surface area contributed by atoms with E-state index in [-0.39, 0.29) is 23.7 Å². The minimum absolute atomic E-state index is 0.220. The van der Waals surface area contributed by atoms with Gasteiger partial charge in [-0.15, -0.1) is 11.3 Å². The number of hydrogen-bond acceptors (Lipinski definition) is 5. The second-order valence-corrected chi connectivity index (χ2v) is 9.47. The van der Waals surface area contributed by atoms with E-state index in [2.05, 4.69) is 5.10 Å². The van der Waals surface area contributed by atoms with Gasteiger partial charge in [-0.05, 0) is 42.8 Å². The normalized spacial score (nSPS) is 11.1. The lowest BCUT2D eigenvalue weighted by Gasteiger charge is -2.22. The van der Waals surface area contributed by atoms with Gasteiger partial charge in [0, 0.05) is 15.1 Å². The van der Waals surface area contributed by atoms with Crippen molar-refractivity contribution in [3.05, 3.63) is 122 Å². The van der Waals surface area contributed by atoms with Crippen LogP contribution in [-0.4, -0.2) is 20.6 Å². The van der Waals surface area contributed by atoms with Crippen LogP contribution < -0.4 is 5.56 Å². The topological polar surface area (TPSA) is 68.3 Å². The van der Waals surface area contributed by atoms with Crippen molar-refractivity contribution in [2.45, 2.75) is 26.6 Å². The Bertz CT molecular complexity index is 1490. The van der Waals surface area contributed by atoms with Crippen LogP contribution in [0.25, 0.3) is 10.8 Å². The second-order valence-electron chi connectivity index (χ2n) is 8.10. The van der Waals surface area contributed by atoms with E-state index < -0.39 is 0 Å². The van der Waals surface area contributed by atoms with Crippen LogP contribution in [0.2, 0.25) is 0 Å². The summed E-state index contributed by atoms with van der Waals surface area (Å²) in [5.74, 6) is 0.434. The Morgan fingerprint density at radius 2 is 1.71 bits per heavy atom. The number of fused-ring (bicyclic) bond motifs is 1. The summed E-state index contributed by atoms with van der Waals surface area (Å²) < 4.78 is 6.92. The molecule has 34 heavy (non-hydrogen) atoms. The van der Waals surface area contributed by atoms with Crippen LogP contribution in [0.4, 0.5) is 0 Å². The number of benzene rings is 2. The third-order valence-electron chi connectivity index (χ3n) is 5.60. The van der Waals surface area contributed by atoms with E-state index >= 15 is 0 Å². The average molecular weight is 470 g/mol. The fourth-order valence-electron chi connectivity index (χ4n) is 3.95. The standard InChI is InChI=1S/C27H23N3O3S/c1-19-13-14-22(34-19)18-29(17-21-10-7-15-33-21)27(32)25-23-11-5-6-12-24(23)26(31)30(28-25)16-20-8-3-2-4-9-20/h2-15H,16-18H2,1H3. The van der Waals surface area contributed by atoms with E-state index in [4.69, 9.17) is 4.42 Å². The van der Waals surface area contributed by atoms with Crippen molar-refractivity contribution in [2.75, 3.05) is 0 Å². The molecular formula is C27H23N3O3S. The Morgan fingerprint density at radius 1 is 0.941 bits per heavy atom. The van der Waals surface area contributed by atoms with Crippen molar-refractivity contribution in [1.82, 2.24) is 14.7 Å². The predicted molar refractivity (Wildman–Crippen MR) is 133 cm³/mol. The average Bonchev–Trinajstić information content (AvgIpc) is 3.52. The molecule has 0 unspecified atom stereocenters. The van der Waals surface area contributed by atoms with E-state index in [1.54, 1.807) is 46.8 Å². The molecule has 170 valence electrons. The molecule has 0 bridgehead atoms. The van der Waals surface area contributed by atoms with Gasteiger partial charge < -0.3 is 9.32 Å². The summed E-state index contributed by atoms with van der Waals surface area (Å²) in [4.78, 5) is 31.1. The molecule has 6 nitrogen and oxygen atoms in total. The largest absolute Gasteiger partial charge is 0.467 e. The third-order valence-corrected chi connectivity index (χ3v) is 6.59. The summed E-state index contributed by atoms with van der Waals surface area (Å²) in [5.41, 5.74) is 0.973. The zero-order chi connectivity index (χ0) is 23.5. The lowest BCUT2D eigenvalue weighted by atomic mass is 10.1. The zero-order valence-corrected chi connectivity index (χ0v) is 19.5. The maximum Gasteiger partial charge on any atom is 0.275 e. The molecule has 0 spiro atoms. The SMILES string of the molecule is Cc1ccc(CN(Cc2ccco2)C(=O)c2nn(Cc3ccccc3)c(=O)c3ccccc23)s1. The molecule has 0 aliphatic carbocycles. The molecule has 0 saturated heterocycles. The summed E-state index contributed by atoms with van der Waals surface area (Å²) in [6, 6.07) is 24.5. The molecule has 0 radical (unpaired) electrons. The van der Waals surface area contributed by atoms with Gasteiger partial charge in [-0.3, -0.25) is 9.59 Å². The number of aryl methyl sites for hydroxylation is 1. The monoisotopic (exact) mass is 469 g/mol. The van der Waals surface area contributed by atoms with Gasteiger partial charge in [-0.25, -0.2) is 4.68 Å². The molecule has 2 aromatic carbocycles. The van der Waals surface area contributed by atoms with Gasteiger partial charge in [-0.1, -0.05) is 48.5 Å². The molecule has 7 heteroatoms. The maximum absolute atomic E-state index is 13.9. The maximum atomic E-state index is 13.9. The Hall–Kier alpha value is -3.97. The van der Waals surface area contributed by atoms with Crippen molar-refractivity contribution in [3.63, 3.8) is 0 Å². The van der Waals surface area contributed by atoms with Gasteiger partial charge in [0.2, 0.25) is 0 Å². The number of nitrogens with zero attached hydrogens (tertiary/aromatic N) is 3. The summed E-state index contributed by atoms with van der Waals surface area (Å²) in [6.45, 7) is 3.05. The van der Waals surface area contributed by atoms with Crippen LogP contribution in [0, 0.1) is 6.92 Å². The number of amides is 1. The molecule has 3 aromatic heterocycles. The number of carbonyl (C=O) groups is 1. The molecule has 0 atom stereocenters. The number of carbonyl (C=O) groups excluding carboxylic acids is 1. The minimum atomic E-state index is -0.250. The molecule has 0 saturated carbocycles. The number of furan rings is 1. The van der Waals surface area contributed by atoms with Gasteiger partial charge >= 0.3 is 0 Å². The summed E-state index contributed by atoms with van der Waals surface area (Å²) in [5, 5.41) is 5.60. The highest BCUT2D eigenvalue weighted by Crippen LogP contribution is 2.22. The van der Waals surface area contributed by atoms with Crippen LogP contribution >= 0.6 is 11.3 Å². The number of thiophene rings is 1. The summed E-state index contributed by atoms with van der Waals surface area (Å²) in [7, 11) is 0. The molecule has 5 rings (SSSR count). The quantitative estimate of drug-likeness (QED) is 0.326. The van der Waals surface area contributed by atoms with E-state index in [1.807, 2.05) is 61.5 Å². The number of rotatable bonds is 7. The van der Waals surface area contributed by atoms with Crippen LogP contribution in [0.15, 0.2) is 94.3 Å². The van der Waals surface area contributed by atoms with Gasteiger partial charge in [0.25, 0.3) is 11.5 Å². The van der Waals surface area contributed by atoms with Crippen LogP contribution in [0.1, 0.15) is 31.6 Å². The first kappa shape index (κ1) is 21.9. The molecule has 1 amide bonds. The highest BCUT2D eigenvalue weighted by molar-refractivity contribution is 7.11. The Balaban J connectivity index is 1.59. The van der Waals surface area contributed by atoms with Gasteiger partial charge in [0.05, 0.1) is 31.3 Å². The molecule has 0 fully saturated rings. The first-order chi connectivity index (χ1) is 16.6. The number of hydrogen-bond donors (Lipinski definition) is 0. The summed E-state index contributed by atoms with van der Waals surface area (Å²) >= 11 is 1.65. The smallest absolute Gasteiger partial charge is 0.275 e. The predicted octanol–water partition coefficient (Wildman–Crippen LogP) is 5.25. The third kappa shape index (κ3) is 4.56. The van der Waals surface area contributed by atoms with Gasteiger partial charge in [-0.2, -0.15) is 5.10 Å². The molecule has 0 aliphatic rings. The first-order valence-electron chi connectivity index (χ1n) is 11.0. The number of aromatic nitrogens is 2. The van der Waals surface area contributed by atoms with Crippen LogP contribution in [0.5, 0.6) is 0 Å². The Labute approximate surface area is 200 Å². The lowest BCUT2D eigenvalue weighted by Crippen LogP contribution is -2.34. The fraction of sp³-hybridized carbons (Fsp3) is 0.148. The zero-order valence-electron chi connectivity index (χ0n) is 18.7. The van der Waals surface area contributed by atoms with Gasteiger partial charge in [0.15, 0.2) is 5.69 Å². The van der Waals surface area contributed by atoms with Gasteiger partial charge in [0.1, 0.15) is 5.76 Å². The van der Waals surface area contributed by atoms with E-state index in [0.29, 0.717) is 29.6 Å². The fourth-order valence-corrected chi connectivity index (χ4v) is 4.86. The van der Waals surface area contributed by atoms with E-state index in [1.165, 1.54) is 9.56 Å². The van der Waals surface area contributed by atoms with E-state index in [0.717, 1.165) is 10.4 Å². The second kappa shape index (κ2) is 9.49. The molecular weight excluding hydrogens is 446 g/mol. The highest BCUT2D eigenvalue weighted by Gasteiger charge is 2.24. The minimum Gasteiger partial charge on any atom is -0.467 e.